The highest BCUT2D eigenvalue weighted by atomic mass is 32.2. The van der Waals surface area contributed by atoms with E-state index in [4.69, 9.17) is 0 Å². The Balaban J connectivity index is 1.93. The Morgan fingerprint density at radius 2 is 1.81 bits per heavy atom. The number of amides is 1. The fourth-order valence-corrected chi connectivity index (χ4v) is 4.11. The molecule has 0 saturated heterocycles. The molecule has 2 rings (SSSR count). The number of nitrogens with one attached hydrogen (secondary N) is 3. The highest BCUT2D eigenvalue weighted by Gasteiger charge is 2.20. The minimum Gasteiger partial charge on any atom is -0.329 e. The van der Waals surface area contributed by atoms with E-state index in [2.05, 4.69) is 19.7 Å². The average Bonchev–Trinajstić information content (AvgIpc) is 2.92. The third-order valence-electron chi connectivity index (χ3n) is 3.22. The van der Waals surface area contributed by atoms with Gasteiger partial charge < -0.3 is 9.88 Å². The van der Waals surface area contributed by atoms with E-state index in [1.54, 1.807) is 32.2 Å². The molecule has 0 radical (unpaired) electrons. The molecule has 10 heteroatoms. The van der Waals surface area contributed by atoms with Crippen LogP contribution in [0.2, 0.25) is 0 Å². The van der Waals surface area contributed by atoms with Crippen LogP contribution in [0.3, 0.4) is 0 Å². The van der Waals surface area contributed by atoms with Crippen molar-refractivity contribution in [1.29, 1.82) is 0 Å². The molecule has 1 aromatic carbocycles. The van der Waals surface area contributed by atoms with Crippen LogP contribution in [0.5, 0.6) is 0 Å². The van der Waals surface area contributed by atoms with Crippen LogP contribution in [0.25, 0.3) is 0 Å². The standard InChI is InChI=1S/C16H23N5O3S2/c1-11(2)19-26(23,24)20-12(3)15(22)18-13-5-7-14(8-6-13)25-16-17-9-10-21(16)4/h5-12,19-20H,1-4H3,(H,18,22). The normalized spacial score (nSPS) is 13.0. The van der Waals surface area contributed by atoms with Gasteiger partial charge in [0.05, 0.1) is 6.04 Å². The third-order valence-corrected chi connectivity index (χ3v) is 5.75. The van der Waals surface area contributed by atoms with Crippen LogP contribution in [-0.2, 0) is 22.1 Å². The van der Waals surface area contributed by atoms with Gasteiger partial charge in [-0.2, -0.15) is 17.9 Å². The van der Waals surface area contributed by atoms with E-state index in [1.807, 2.05) is 29.9 Å². The summed E-state index contributed by atoms with van der Waals surface area (Å²) in [6, 6.07) is 6.08. The monoisotopic (exact) mass is 397 g/mol. The lowest BCUT2D eigenvalue weighted by Crippen LogP contribution is -2.48. The fraction of sp³-hybridized carbons (Fsp3) is 0.375. The van der Waals surface area contributed by atoms with Crippen LogP contribution in [0.4, 0.5) is 5.69 Å². The van der Waals surface area contributed by atoms with Gasteiger partial charge in [-0.3, -0.25) is 4.79 Å². The number of carbonyl (C=O) groups is 1. The number of aryl methyl sites for hydroxylation is 1. The second kappa shape index (κ2) is 8.67. The fourth-order valence-electron chi connectivity index (χ4n) is 2.04. The highest BCUT2D eigenvalue weighted by molar-refractivity contribution is 7.99. The molecular formula is C16H23N5O3S2. The number of anilines is 1. The van der Waals surface area contributed by atoms with Gasteiger partial charge in [0.1, 0.15) is 0 Å². The zero-order valence-electron chi connectivity index (χ0n) is 15.1. The Morgan fingerprint density at radius 1 is 1.15 bits per heavy atom. The molecule has 3 N–H and O–H groups in total. The van der Waals surface area contributed by atoms with Gasteiger partial charge in [0, 0.05) is 36.1 Å². The summed E-state index contributed by atoms with van der Waals surface area (Å²) in [5.74, 6) is -0.441. The van der Waals surface area contributed by atoms with Crippen molar-refractivity contribution in [2.45, 2.75) is 42.9 Å². The number of carbonyl (C=O) groups excluding carboxylic acids is 1. The topological polar surface area (TPSA) is 105 Å². The van der Waals surface area contributed by atoms with E-state index in [0.717, 1.165) is 10.1 Å². The molecule has 0 aliphatic rings. The second-order valence-electron chi connectivity index (χ2n) is 6.05. The van der Waals surface area contributed by atoms with E-state index in [-0.39, 0.29) is 6.04 Å². The predicted octanol–water partition coefficient (Wildman–Crippen LogP) is 1.73. The van der Waals surface area contributed by atoms with E-state index in [0.29, 0.717) is 5.69 Å². The number of hydrogen-bond acceptors (Lipinski definition) is 5. The van der Waals surface area contributed by atoms with Gasteiger partial charge in [-0.05, 0) is 45.0 Å². The van der Waals surface area contributed by atoms with Gasteiger partial charge >= 0.3 is 0 Å². The zero-order valence-corrected chi connectivity index (χ0v) is 16.7. The summed E-state index contributed by atoms with van der Waals surface area (Å²) in [6.07, 6.45) is 3.60. The molecular weight excluding hydrogens is 374 g/mol. The number of hydrogen-bond donors (Lipinski definition) is 3. The molecule has 0 aliphatic carbocycles. The first-order valence-electron chi connectivity index (χ1n) is 8.02. The molecule has 26 heavy (non-hydrogen) atoms. The zero-order chi connectivity index (χ0) is 19.3. The van der Waals surface area contributed by atoms with Crippen molar-refractivity contribution in [3.63, 3.8) is 0 Å². The van der Waals surface area contributed by atoms with Crippen molar-refractivity contribution < 1.29 is 13.2 Å². The molecule has 0 aliphatic heterocycles. The smallest absolute Gasteiger partial charge is 0.277 e. The molecule has 142 valence electrons. The molecule has 0 saturated carbocycles. The van der Waals surface area contributed by atoms with Crippen LogP contribution in [0, 0.1) is 0 Å². The summed E-state index contributed by atoms with van der Waals surface area (Å²) in [5, 5.41) is 3.55. The van der Waals surface area contributed by atoms with Gasteiger partial charge in [0.15, 0.2) is 5.16 Å². The van der Waals surface area contributed by atoms with Gasteiger partial charge in [-0.1, -0.05) is 11.8 Å². The first-order valence-corrected chi connectivity index (χ1v) is 10.3. The summed E-state index contributed by atoms with van der Waals surface area (Å²) in [5.41, 5.74) is 0.585. The minimum atomic E-state index is -3.73. The molecule has 1 heterocycles. The summed E-state index contributed by atoms with van der Waals surface area (Å²) >= 11 is 1.51. The van der Waals surface area contributed by atoms with Crippen LogP contribution in [0.1, 0.15) is 20.8 Å². The van der Waals surface area contributed by atoms with Gasteiger partial charge in [-0.15, -0.1) is 0 Å². The molecule has 1 amide bonds. The first kappa shape index (κ1) is 20.4. The van der Waals surface area contributed by atoms with Crippen LogP contribution in [-0.4, -0.2) is 36.0 Å². The Labute approximate surface area is 158 Å². The number of rotatable bonds is 8. The van der Waals surface area contributed by atoms with E-state index in [9.17, 15) is 13.2 Å². The lowest BCUT2D eigenvalue weighted by Gasteiger charge is -2.16. The Hall–Kier alpha value is -1.88. The van der Waals surface area contributed by atoms with Crippen LogP contribution >= 0.6 is 11.8 Å². The maximum absolute atomic E-state index is 12.2. The Morgan fingerprint density at radius 3 is 2.35 bits per heavy atom. The number of imidazole rings is 1. The maximum Gasteiger partial charge on any atom is 0.277 e. The average molecular weight is 398 g/mol. The summed E-state index contributed by atoms with van der Waals surface area (Å²) < 4.78 is 30.2. The largest absolute Gasteiger partial charge is 0.329 e. The third kappa shape index (κ3) is 6.13. The molecule has 8 nitrogen and oxygen atoms in total. The van der Waals surface area contributed by atoms with E-state index < -0.39 is 22.2 Å². The molecule has 0 spiro atoms. The predicted molar refractivity (Wildman–Crippen MR) is 102 cm³/mol. The molecule has 1 atom stereocenters. The van der Waals surface area contributed by atoms with E-state index >= 15 is 0 Å². The van der Waals surface area contributed by atoms with Crippen LogP contribution in [0.15, 0.2) is 46.7 Å². The van der Waals surface area contributed by atoms with Crippen LogP contribution < -0.4 is 14.8 Å². The molecule has 0 fully saturated rings. The molecule has 2 aromatic rings. The second-order valence-corrected chi connectivity index (χ2v) is 8.57. The molecule has 0 bridgehead atoms. The van der Waals surface area contributed by atoms with Crippen molar-refractivity contribution in [2.75, 3.05) is 5.32 Å². The van der Waals surface area contributed by atoms with Gasteiger partial charge in [0.2, 0.25) is 5.91 Å². The molecule has 1 unspecified atom stereocenters. The summed E-state index contributed by atoms with van der Waals surface area (Å²) in [7, 11) is -1.81. The maximum atomic E-state index is 12.2. The SMILES string of the molecule is CC(C)NS(=O)(=O)NC(C)C(=O)Nc1ccc(Sc2nccn2C)cc1. The number of nitrogens with zero attached hydrogens (tertiary/aromatic N) is 2. The summed E-state index contributed by atoms with van der Waals surface area (Å²) in [4.78, 5) is 17.4. The van der Waals surface area contributed by atoms with Crippen molar-refractivity contribution >= 4 is 33.6 Å². The highest BCUT2D eigenvalue weighted by Crippen LogP contribution is 2.26. The Bertz CT molecular complexity index is 847. The Kier molecular flexibility index (Phi) is 6.81. The van der Waals surface area contributed by atoms with Crippen molar-refractivity contribution in [2.24, 2.45) is 7.05 Å². The number of benzene rings is 1. The minimum absolute atomic E-state index is 0.258. The summed E-state index contributed by atoms with van der Waals surface area (Å²) in [6.45, 7) is 4.89. The lowest BCUT2D eigenvalue weighted by molar-refractivity contribution is -0.117. The first-order chi connectivity index (χ1) is 12.2. The molecule has 1 aromatic heterocycles. The quantitative estimate of drug-likeness (QED) is 0.629. The van der Waals surface area contributed by atoms with Crippen molar-refractivity contribution in [1.82, 2.24) is 19.0 Å². The van der Waals surface area contributed by atoms with Gasteiger partial charge in [0.25, 0.3) is 10.2 Å². The van der Waals surface area contributed by atoms with Gasteiger partial charge in [-0.25, -0.2) is 4.98 Å². The van der Waals surface area contributed by atoms with Crippen molar-refractivity contribution in [3.8, 4) is 0 Å². The van der Waals surface area contributed by atoms with Crippen molar-refractivity contribution in [3.05, 3.63) is 36.7 Å². The number of aromatic nitrogens is 2. The van der Waals surface area contributed by atoms with E-state index in [1.165, 1.54) is 18.7 Å². The lowest BCUT2D eigenvalue weighted by atomic mass is 10.3.